The van der Waals surface area contributed by atoms with Gasteiger partial charge in [0.2, 0.25) is 0 Å². The molecule has 0 aromatic heterocycles. The molecule has 1 aliphatic rings. The van der Waals surface area contributed by atoms with Crippen molar-refractivity contribution in [2.75, 3.05) is 6.61 Å². The summed E-state index contributed by atoms with van der Waals surface area (Å²) in [5, 5.41) is 0. The predicted molar refractivity (Wildman–Crippen MR) is 79.1 cm³/mol. The zero-order valence-corrected chi connectivity index (χ0v) is 15.5. The van der Waals surface area contributed by atoms with Gasteiger partial charge >= 0.3 is 125 Å². The van der Waals surface area contributed by atoms with E-state index >= 15 is 0 Å². The van der Waals surface area contributed by atoms with Gasteiger partial charge in [0.15, 0.2) is 0 Å². The molecule has 0 radical (unpaired) electrons. The van der Waals surface area contributed by atoms with Crippen LogP contribution in [0.2, 0.25) is 0 Å². The summed E-state index contributed by atoms with van der Waals surface area (Å²) in [5.74, 6) is 0.451. The van der Waals surface area contributed by atoms with Crippen LogP contribution < -0.4 is 0 Å². The van der Waals surface area contributed by atoms with Crippen LogP contribution in [0, 0.1) is 5.92 Å². The predicted octanol–water partition coefficient (Wildman–Crippen LogP) is 4.39. The van der Waals surface area contributed by atoms with E-state index in [1.54, 1.807) is 0 Å². The third kappa shape index (κ3) is 2.92. The average Bonchev–Trinajstić information content (AvgIpc) is 2.68. The van der Waals surface area contributed by atoms with E-state index in [9.17, 15) is 0 Å². The van der Waals surface area contributed by atoms with Crippen LogP contribution >= 0.6 is 17.2 Å². The average molecular weight is 387 g/mol. The molecule has 0 amide bonds. The van der Waals surface area contributed by atoms with Crippen LogP contribution in [-0.4, -0.2) is 25.7 Å². The van der Waals surface area contributed by atoms with E-state index in [0.29, 0.717) is 5.92 Å². The van der Waals surface area contributed by atoms with Crippen molar-refractivity contribution in [2.24, 2.45) is 5.92 Å². The molecule has 1 heterocycles. The standard InChI is InChI=1S/C14H17O.2ClH.In/c1-4-12-10-15-14(3,11(12)2)13-8-6-5-7-9-13;;;/h2,5-9,12H,4,10H2,1,3H3;2*1H;/q;;;+2/p-2. The molecular formula is C14H17Cl2InO. The van der Waals surface area contributed by atoms with Crippen molar-refractivity contribution in [1.82, 2.24) is 0 Å². The SMILES string of the molecule is CCC1COC(C)(c2ccccc2)C1=[CH][In]([Cl])[Cl]. The topological polar surface area (TPSA) is 9.23 Å². The number of hydrogen-bond acceptors (Lipinski definition) is 1. The zero-order chi connectivity index (χ0) is 13.2. The van der Waals surface area contributed by atoms with Gasteiger partial charge in [-0.1, -0.05) is 0 Å². The van der Waals surface area contributed by atoms with E-state index < -0.39 is 19.1 Å². The third-order valence-corrected chi connectivity index (χ3v) is 7.12. The van der Waals surface area contributed by atoms with E-state index in [-0.39, 0.29) is 5.60 Å². The molecule has 0 spiro atoms. The molecule has 1 aliphatic heterocycles. The van der Waals surface area contributed by atoms with Gasteiger partial charge in [-0.05, 0) is 0 Å². The second-order valence-corrected chi connectivity index (χ2v) is 15.4. The summed E-state index contributed by atoms with van der Waals surface area (Å²) in [6.45, 7) is 5.08. The number of benzene rings is 1. The van der Waals surface area contributed by atoms with Crippen molar-refractivity contribution in [3.63, 3.8) is 0 Å². The summed E-state index contributed by atoms with van der Waals surface area (Å²) < 4.78 is 8.23. The van der Waals surface area contributed by atoms with E-state index in [1.807, 2.05) is 18.2 Å². The van der Waals surface area contributed by atoms with Crippen LogP contribution in [0.4, 0.5) is 0 Å². The van der Waals surface area contributed by atoms with Gasteiger partial charge < -0.3 is 0 Å². The Morgan fingerprint density at radius 1 is 1.39 bits per heavy atom. The van der Waals surface area contributed by atoms with Crippen LogP contribution in [0.15, 0.2) is 39.7 Å². The minimum atomic E-state index is -2.44. The maximum absolute atomic E-state index is 6.14. The van der Waals surface area contributed by atoms with Crippen molar-refractivity contribution in [3.8, 4) is 0 Å². The molecule has 1 fully saturated rings. The summed E-state index contributed by atoms with van der Waals surface area (Å²) in [5.41, 5.74) is 2.13. The van der Waals surface area contributed by atoms with Crippen molar-refractivity contribution in [3.05, 3.63) is 45.3 Å². The van der Waals surface area contributed by atoms with Gasteiger partial charge in [-0.3, -0.25) is 0 Å². The Hall–Kier alpha value is 0.370. The quantitative estimate of drug-likeness (QED) is 0.748. The number of halogens is 2. The first kappa shape index (κ1) is 14.8. The molecule has 1 saturated heterocycles. The molecule has 0 bridgehead atoms. The molecule has 1 nitrogen and oxygen atoms in total. The Bertz CT molecular complexity index is 433. The summed E-state index contributed by atoms with van der Waals surface area (Å²) in [4.78, 5) is 0. The van der Waals surface area contributed by atoms with Gasteiger partial charge in [0, 0.05) is 0 Å². The number of hydrogen-bond donors (Lipinski definition) is 0. The van der Waals surface area contributed by atoms with Gasteiger partial charge in [-0.2, -0.15) is 0 Å². The van der Waals surface area contributed by atoms with Crippen LogP contribution in [0.5, 0.6) is 0 Å². The second-order valence-electron chi connectivity index (χ2n) is 4.77. The van der Waals surface area contributed by atoms with E-state index in [4.69, 9.17) is 21.9 Å². The summed E-state index contributed by atoms with van der Waals surface area (Å²) in [6.07, 6.45) is 1.07. The second kappa shape index (κ2) is 6.21. The fourth-order valence-electron chi connectivity index (χ4n) is 2.60. The zero-order valence-electron chi connectivity index (χ0n) is 10.7. The van der Waals surface area contributed by atoms with Gasteiger partial charge in [0.05, 0.1) is 0 Å². The van der Waals surface area contributed by atoms with Crippen LogP contribution in [0.3, 0.4) is 0 Å². The van der Waals surface area contributed by atoms with Crippen LogP contribution in [-0.2, 0) is 10.3 Å². The van der Waals surface area contributed by atoms with Gasteiger partial charge in [-0.15, -0.1) is 0 Å². The Morgan fingerprint density at radius 3 is 2.61 bits per heavy atom. The first-order valence-corrected chi connectivity index (χ1v) is 16.5. The Balaban J connectivity index is 2.43. The minimum absolute atomic E-state index is 0.346. The Morgan fingerprint density at radius 2 is 2.06 bits per heavy atom. The third-order valence-electron chi connectivity index (χ3n) is 3.69. The molecule has 4 heteroatoms. The number of ether oxygens (including phenoxy) is 1. The molecular weight excluding hydrogens is 370 g/mol. The van der Waals surface area contributed by atoms with Crippen molar-refractivity contribution in [1.29, 1.82) is 0 Å². The van der Waals surface area contributed by atoms with Crippen molar-refractivity contribution in [2.45, 2.75) is 25.9 Å². The monoisotopic (exact) mass is 386 g/mol. The molecule has 2 rings (SSSR count). The first-order chi connectivity index (χ1) is 8.58. The Kier molecular flexibility index (Phi) is 5.10. The first-order valence-electron chi connectivity index (χ1n) is 6.27. The van der Waals surface area contributed by atoms with Gasteiger partial charge in [0.25, 0.3) is 0 Å². The van der Waals surface area contributed by atoms with Gasteiger partial charge in [-0.25, -0.2) is 0 Å². The van der Waals surface area contributed by atoms with Crippen molar-refractivity contribution >= 4 is 36.2 Å². The summed E-state index contributed by atoms with van der Waals surface area (Å²) in [7, 11) is 12.3. The number of rotatable bonds is 3. The molecule has 1 aromatic carbocycles. The van der Waals surface area contributed by atoms with Crippen LogP contribution in [0.1, 0.15) is 25.8 Å². The van der Waals surface area contributed by atoms with Crippen molar-refractivity contribution < 1.29 is 4.74 Å². The maximum atomic E-state index is 6.14. The van der Waals surface area contributed by atoms with Crippen LogP contribution in [0.25, 0.3) is 0 Å². The van der Waals surface area contributed by atoms with E-state index in [0.717, 1.165) is 13.0 Å². The van der Waals surface area contributed by atoms with E-state index in [1.165, 1.54) is 11.1 Å². The molecule has 96 valence electrons. The molecule has 1 aromatic rings. The fraction of sp³-hybridized carbons (Fsp3) is 0.429. The Labute approximate surface area is 124 Å². The normalized spacial score (nSPS) is 29.8. The molecule has 0 saturated carbocycles. The molecule has 18 heavy (non-hydrogen) atoms. The molecule has 0 N–H and O–H groups in total. The molecule has 0 aliphatic carbocycles. The summed E-state index contributed by atoms with van der Waals surface area (Å²) in [6, 6.07) is 10.3. The molecule has 2 atom stereocenters. The van der Waals surface area contributed by atoms with Gasteiger partial charge in [0.1, 0.15) is 0 Å². The molecule has 2 unspecified atom stereocenters. The van der Waals surface area contributed by atoms with E-state index in [2.05, 4.69) is 29.8 Å². The summed E-state index contributed by atoms with van der Waals surface area (Å²) >= 11 is -2.44. The fourth-order valence-corrected chi connectivity index (χ4v) is 6.89.